The summed E-state index contributed by atoms with van der Waals surface area (Å²) < 4.78 is 95.8. The first-order chi connectivity index (χ1) is 57.2. The summed E-state index contributed by atoms with van der Waals surface area (Å²) in [5.74, 6) is -17.6. The van der Waals surface area contributed by atoms with E-state index in [9.17, 15) is 92.6 Å². The normalized spacial score (nSPS) is 26.7. The Balaban J connectivity index is 0.994. The average Bonchev–Trinajstić information content (AvgIpc) is 0.766. The lowest BCUT2D eigenvalue weighted by atomic mass is 9.85. The van der Waals surface area contributed by atoms with Gasteiger partial charge in [-0.2, -0.15) is 13.2 Å². The van der Waals surface area contributed by atoms with Crippen LogP contribution in [0.25, 0.3) is 22.0 Å². The van der Waals surface area contributed by atoms with Crippen LogP contribution in [0.15, 0.2) is 103 Å². The Morgan fingerprint density at radius 1 is 0.727 bits per heavy atom. The molecule has 7 aliphatic heterocycles. The number of carbonyl (C=O) groups is 8. The number of amides is 7. The number of unbranched alkanes of at least 4 members (excludes halogenated alkanes) is 1. The average molecular weight is 1730 g/mol. The molecule has 6 aromatic carbocycles. The zero-order valence-electron chi connectivity index (χ0n) is 64.8. The number of carboxylic acid groups (broad SMARTS) is 1. The maximum absolute atomic E-state index is 16.2. The van der Waals surface area contributed by atoms with Crippen LogP contribution in [-0.2, 0) is 58.7 Å². The zero-order chi connectivity index (χ0) is 87.7. The van der Waals surface area contributed by atoms with Crippen LogP contribution >= 0.6 is 23.2 Å². The molecule has 0 saturated carbocycles. The van der Waals surface area contributed by atoms with Gasteiger partial charge in [0.05, 0.1) is 41.3 Å². The monoisotopic (exact) mass is 1730 g/mol. The van der Waals surface area contributed by atoms with E-state index in [4.69, 9.17) is 57.4 Å². The third-order valence-electron chi connectivity index (χ3n) is 21.3. The van der Waals surface area contributed by atoms with Crippen LogP contribution in [0.2, 0.25) is 10.0 Å². The number of hydrogen-bond acceptors (Lipinski definition) is 27. The predicted molar refractivity (Wildman–Crippen MR) is 418 cm³/mol. The van der Waals surface area contributed by atoms with Gasteiger partial charge in [-0.05, 0) is 142 Å². The highest BCUT2D eigenvalue weighted by molar-refractivity contribution is 6.32. The van der Waals surface area contributed by atoms with Crippen molar-refractivity contribution in [3.8, 4) is 57.1 Å². The molecule has 121 heavy (non-hydrogen) atoms. The molecule has 7 aliphatic rings. The van der Waals surface area contributed by atoms with E-state index in [1.165, 1.54) is 32.2 Å². The highest BCUT2D eigenvalue weighted by Gasteiger charge is 2.52. The number of para-hydroxylation sites is 1. The van der Waals surface area contributed by atoms with Crippen molar-refractivity contribution in [1.82, 2.24) is 47.5 Å². The number of nitrogens with one attached hydrogen (secondary N) is 9. The number of aromatic nitrogens is 1. The molecule has 14 rings (SSSR count). The molecule has 0 unspecified atom stereocenters. The van der Waals surface area contributed by atoms with E-state index in [1.807, 2.05) is 0 Å². The molecule has 7 aromatic rings. The van der Waals surface area contributed by atoms with Gasteiger partial charge in [0.15, 0.2) is 29.9 Å². The maximum atomic E-state index is 16.2. The van der Waals surface area contributed by atoms with E-state index in [0.29, 0.717) is 12.8 Å². The minimum Gasteiger partial charge on any atom is -0.508 e. The second-order valence-electron chi connectivity index (χ2n) is 30.4. The van der Waals surface area contributed by atoms with E-state index in [-0.39, 0.29) is 54.0 Å². The van der Waals surface area contributed by atoms with Gasteiger partial charge in [0.25, 0.3) is 0 Å². The van der Waals surface area contributed by atoms with Crippen LogP contribution in [0.5, 0.6) is 46.0 Å². The Morgan fingerprint density at radius 2 is 1.36 bits per heavy atom. The minimum absolute atomic E-state index is 0.0245. The van der Waals surface area contributed by atoms with Crippen LogP contribution in [0.1, 0.15) is 124 Å². The molecule has 21 N–H and O–H groups in total. The van der Waals surface area contributed by atoms with Gasteiger partial charge in [0, 0.05) is 52.3 Å². The molecular formula is C80H87Cl2F4N11O24. The SMILES string of the molecule is CN[C@H](CC(C)C)C(=O)N[C@H]1C(=O)N[C@@H](CC(N)=O)C(=O)N[C@H]2C(=O)N[C@H]3C(=O)N[C@H](C(=O)N[C@H](C(=O)O)c4cc(O)cc(O)c4-c4cc3ccc4O)[C@H](O)c3ccc(c(Cl)c3)Oc3cc2cc(c3O[C@@H]2O[C@H](CO)[C@@H](O)[C@H](O)[C@H]2O[C@H]2C[C@](C)(NCCCCNc3cc(C(F)(F)F)nc4c(F)cccc34)[C@H](O)[C@H](C)O2)Oc2ccc(cc2Cl)[C@H]1O. The highest BCUT2D eigenvalue weighted by Crippen LogP contribution is 2.50. The molecule has 7 amide bonds. The van der Waals surface area contributed by atoms with Gasteiger partial charge in [-0.3, -0.25) is 33.6 Å². The lowest BCUT2D eigenvalue weighted by Crippen LogP contribution is -2.65. The summed E-state index contributed by atoms with van der Waals surface area (Å²) in [4.78, 5) is 121. The number of ether oxygens (including phenoxy) is 6. The summed E-state index contributed by atoms with van der Waals surface area (Å²) >= 11 is 14.3. The van der Waals surface area contributed by atoms with Crippen LogP contribution in [-0.4, -0.2) is 209 Å². The number of phenolic OH excluding ortho intramolecular Hbond substituents is 3. The van der Waals surface area contributed by atoms with E-state index >= 15 is 14.4 Å². The number of aliphatic hydroxyl groups is 6. The summed E-state index contributed by atoms with van der Waals surface area (Å²) in [6.07, 6.45) is -23.8. The van der Waals surface area contributed by atoms with Crippen LogP contribution in [0.4, 0.5) is 23.2 Å². The number of primary amides is 1. The number of anilines is 1. The fraction of sp³-hybridized carbons (Fsp3) is 0.412. The van der Waals surface area contributed by atoms with Gasteiger partial charge in [-0.25, -0.2) is 14.2 Å². The molecule has 0 radical (unpaired) electrons. The highest BCUT2D eigenvalue weighted by atomic mass is 35.5. The number of fused-ring (bicyclic) bond motifs is 16. The van der Waals surface area contributed by atoms with Gasteiger partial charge in [-0.15, -0.1) is 0 Å². The number of hydrogen-bond donors (Lipinski definition) is 20. The Hall–Kier alpha value is -11.1. The molecule has 1 aromatic heterocycles. The molecule has 18 atom stereocenters. The number of alkyl halides is 3. The number of rotatable bonds is 20. The molecule has 8 heterocycles. The van der Waals surface area contributed by atoms with Crippen molar-refractivity contribution in [1.29, 1.82) is 0 Å². The number of benzene rings is 6. The number of nitrogens with zero attached hydrogens (tertiary/aromatic N) is 1. The number of halogens is 6. The topological polar surface area (TPSA) is 541 Å². The molecule has 648 valence electrons. The second-order valence-corrected chi connectivity index (χ2v) is 31.2. The van der Waals surface area contributed by atoms with E-state index in [1.54, 1.807) is 20.8 Å². The molecule has 2 saturated heterocycles. The molecule has 0 spiro atoms. The number of likely N-dealkylation sites (N-methyl/N-ethyl adjacent to an activating group) is 1. The number of aliphatic hydroxyl groups excluding tert-OH is 6. The molecule has 41 heteroatoms. The maximum Gasteiger partial charge on any atom is 0.433 e. The molecule has 2 fully saturated rings. The van der Waals surface area contributed by atoms with Gasteiger partial charge in [-0.1, -0.05) is 67.4 Å². The third kappa shape index (κ3) is 19.5. The number of nitrogens with two attached hydrogens (primary N) is 1. The first-order valence-corrected chi connectivity index (χ1v) is 38.8. The quantitative estimate of drug-likeness (QED) is 0.0373. The van der Waals surface area contributed by atoms with Gasteiger partial charge in [0.2, 0.25) is 53.4 Å². The van der Waals surface area contributed by atoms with Crippen molar-refractivity contribution >= 4 is 87.1 Å². The fourth-order valence-corrected chi connectivity index (χ4v) is 15.4. The molecule has 11 bridgehead atoms. The van der Waals surface area contributed by atoms with Crippen molar-refractivity contribution < 1.29 is 135 Å². The number of aliphatic carboxylic acids is 1. The standard InChI is InChI=1S/C80H87Cl2F4N11O24/c1-31(2)19-45(88-5)71(108)96-62-64(103)34-12-15-49(41(81)21-34)117-51-23-36-24-52(68(51)121-78-69(67(106)66(105)53(30-98)119-78)120-56-29-79(4,70(107)32(3)116-56)90-18-7-6-17-89-44-27-54(80(84,85)86)92-60-38(44)9-8-10-43(60)83)118-50-16-13-35(22-42(50)82)65(104)63-76(113)95-61(77(114)115)40-25-37(99)26-48(101)57(40)39-20-33(11-14-47(39)100)58(73(110)97-63)94-74(111)59(36)93-72(109)46(28-55(87)102)91-75(62)112/h8-16,20-27,31-32,45-46,53,56,58-59,61-67,69-70,78,88,90,98-101,103-107H,6-7,17-19,28-30H2,1-5H3,(H2,87,102)(H,89,92)(H,91,112)(H,93,109)(H,94,111)(H,95,113)(H,96,108)(H,97,110)(H,114,115)/t32-,45+,46-,53+,56-,58+,59+,61-,62+,63-,64+,65+,66+,67-,69+,70+,78-,79-/m0/s1. The van der Waals surface area contributed by atoms with Crippen molar-refractivity contribution in [3.05, 3.63) is 153 Å². The van der Waals surface area contributed by atoms with E-state index in [2.05, 4.69) is 52.8 Å². The Labute approximate surface area is 695 Å². The van der Waals surface area contributed by atoms with E-state index in [0.717, 1.165) is 84.9 Å². The van der Waals surface area contributed by atoms with Gasteiger partial charge in [0.1, 0.15) is 107 Å². The van der Waals surface area contributed by atoms with Crippen LogP contribution in [0.3, 0.4) is 0 Å². The van der Waals surface area contributed by atoms with Crippen molar-refractivity contribution in [2.75, 3.05) is 32.1 Å². The summed E-state index contributed by atoms with van der Waals surface area (Å²) in [5.41, 5.74) is -0.487. The second kappa shape index (κ2) is 36.7. The first kappa shape index (κ1) is 89.2. The van der Waals surface area contributed by atoms with Crippen molar-refractivity contribution in [3.63, 3.8) is 0 Å². The Morgan fingerprint density at radius 3 is 1.99 bits per heavy atom. The van der Waals surface area contributed by atoms with Gasteiger partial charge < -0.3 is 133 Å². The van der Waals surface area contributed by atoms with Crippen LogP contribution < -0.4 is 67.8 Å². The number of carboxylic acids is 1. The summed E-state index contributed by atoms with van der Waals surface area (Å²) in [6.45, 7) is 5.88. The number of carbonyl (C=O) groups excluding carboxylic acids is 7. The summed E-state index contributed by atoms with van der Waals surface area (Å²) in [6, 6.07) is 3.20. The smallest absolute Gasteiger partial charge is 0.433 e. The van der Waals surface area contributed by atoms with Crippen molar-refractivity contribution in [2.24, 2.45) is 11.7 Å². The number of pyridine rings is 1. The zero-order valence-corrected chi connectivity index (χ0v) is 66.4. The predicted octanol–water partition coefficient (Wildman–Crippen LogP) is 4.34. The lowest BCUT2D eigenvalue weighted by molar-refractivity contribution is -0.334. The summed E-state index contributed by atoms with van der Waals surface area (Å²) in [5, 5.41) is 139. The Kier molecular flexibility index (Phi) is 27.1. The number of phenols is 3. The first-order valence-electron chi connectivity index (χ1n) is 38.1. The van der Waals surface area contributed by atoms with Gasteiger partial charge >= 0.3 is 12.1 Å². The molecular weight excluding hydrogens is 1650 g/mol. The molecule has 35 nitrogen and oxygen atoms in total. The van der Waals surface area contributed by atoms with Crippen LogP contribution in [0, 0.1) is 11.7 Å². The van der Waals surface area contributed by atoms with E-state index < -0.39 is 277 Å². The van der Waals surface area contributed by atoms with Crippen molar-refractivity contribution in [2.45, 2.75) is 175 Å². The summed E-state index contributed by atoms with van der Waals surface area (Å²) in [7, 11) is 1.46. The lowest BCUT2D eigenvalue weighted by Gasteiger charge is -2.48. The number of aromatic hydroxyl groups is 3. The molecule has 0 aliphatic carbocycles. The largest absolute Gasteiger partial charge is 0.508 e. The minimum atomic E-state index is -4.90. The third-order valence-corrected chi connectivity index (χ3v) is 21.9. The Bertz CT molecular complexity index is 5160. The fourth-order valence-electron chi connectivity index (χ4n) is 15.0.